The highest BCUT2D eigenvalue weighted by molar-refractivity contribution is 9.10. The molecule has 0 aliphatic heterocycles. The van der Waals surface area contributed by atoms with Gasteiger partial charge in [0.2, 0.25) is 20.0 Å². The SMILES string of the molecule is Cc1c(S(N)(=O)=O)cc(-c2ccc(S(=O)(=O)NC(C)(C)C)c(Br)c2)n1CC1CCCCC1. The van der Waals surface area contributed by atoms with E-state index in [-0.39, 0.29) is 9.79 Å². The van der Waals surface area contributed by atoms with Crippen LogP contribution in [-0.4, -0.2) is 26.9 Å². The predicted octanol–water partition coefficient (Wildman–Crippen LogP) is 4.53. The van der Waals surface area contributed by atoms with Gasteiger partial charge in [0, 0.05) is 27.9 Å². The van der Waals surface area contributed by atoms with Gasteiger partial charge < -0.3 is 4.57 Å². The molecule has 1 fully saturated rings. The van der Waals surface area contributed by atoms with Crippen LogP contribution in [0.3, 0.4) is 0 Å². The molecule has 0 unspecified atom stereocenters. The second kappa shape index (κ2) is 9.21. The van der Waals surface area contributed by atoms with Crippen LogP contribution in [0.5, 0.6) is 0 Å². The molecule has 1 saturated carbocycles. The van der Waals surface area contributed by atoms with Gasteiger partial charge in [-0.05, 0) is 86.1 Å². The lowest BCUT2D eigenvalue weighted by atomic mass is 9.89. The first kappa shape index (κ1) is 25.4. The molecule has 10 heteroatoms. The fourth-order valence-corrected chi connectivity index (χ4v) is 7.64. The van der Waals surface area contributed by atoms with Crippen LogP contribution in [0.4, 0.5) is 0 Å². The Labute approximate surface area is 200 Å². The summed E-state index contributed by atoms with van der Waals surface area (Å²) >= 11 is 3.40. The van der Waals surface area contributed by atoms with Crippen molar-refractivity contribution in [2.45, 2.75) is 81.7 Å². The monoisotopic (exact) mass is 545 g/mol. The Hall–Kier alpha value is -1.20. The molecule has 0 amide bonds. The summed E-state index contributed by atoms with van der Waals surface area (Å²) in [6.07, 6.45) is 5.83. The van der Waals surface area contributed by atoms with E-state index in [4.69, 9.17) is 5.14 Å². The van der Waals surface area contributed by atoms with E-state index in [0.29, 0.717) is 28.3 Å². The Balaban J connectivity index is 2.07. The number of nitrogens with zero attached hydrogens (tertiary/aromatic N) is 1. The molecule has 0 atom stereocenters. The summed E-state index contributed by atoms with van der Waals surface area (Å²) in [5, 5.41) is 5.48. The minimum absolute atomic E-state index is 0.102. The number of primary sulfonamides is 1. The maximum absolute atomic E-state index is 12.8. The summed E-state index contributed by atoms with van der Waals surface area (Å²) in [6, 6.07) is 6.56. The Morgan fingerprint density at radius 1 is 1.06 bits per heavy atom. The number of aromatic nitrogens is 1. The van der Waals surface area contributed by atoms with Crippen LogP contribution in [-0.2, 0) is 26.6 Å². The molecule has 3 rings (SSSR count). The molecular formula is C22H32BrN3O4S2. The van der Waals surface area contributed by atoms with E-state index >= 15 is 0 Å². The topological polar surface area (TPSA) is 111 Å². The van der Waals surface area contributed by atoms with Crippen LogP contribution in [0.15, 0.2) is 38.5 Å². The summed E-state index contributed by atoms with van der Waals surface area (Å²) in [7, 11) is -7.61. The number of sulfonamides is 2. The van der Waals surface area contributed by atoms with Gasteiger partial charge in [-0.15, -0.1) is 0 Å². The van der Waals surface area contributed by atoms with Crippen molar-refractivity contribution >= 4 is 36.0 Å². The Morgan fingerprint density at radius 3 is 2.22 bits per heavy atom. The summed E-state index contributed by atoms with van der Waals surface area (Å²) in [5.74, 6) is 0.473. The summed E-state index contributed by atoms with van der Waals surface area (Å²) in [4.78, 5) is 0.232. The number of hydrogen-bond donors (Lipinski definition) is 2. The van der Waals surface area contributed by atoms with E-state index in [1.807, 2.05) is 4.57 Å². The lowest BCUT2D eigenvalue weighted by Crippen LogP contribution is -2.40. The maximum atomic E-state index is 12.8. The largest absolute Gasteiger partial charge is 0.343 e. The van der Waals surface area contributed by atoms with E-state index in [1.165, 1.54) is 25.3 Å². The zero-order chi connectivity index (χ0) is 23.9. The number of rotatable bonds is 6. The predicted molar refractivity (Wildman–Crippen MR) is 130 cm³/mol. The second-order valence-corrected chi connectivity index (χ2v) is 13.7. The number of nitrogens with one attached hydrogen (secondary N) is 1. The maximum Gasteiger partial charge on any atom is 0.242 e. The Bertz CT molecular complexity index is 1210. The number of benzene rings is 1. The van der Waals surface area contributed by atoms with E-state index in [1.54, 1.807) is 45.9 Å². The van der Waals surface area contributed by atoms with Crippen molar-refractivity contribution in [3.63, 3.8) is 0 Å². The van der Waals surface area contributed by atoms with Gasteiger partial charge in [-0.1, -0.05) is 25.3 Å². The second-order valence-electron chi connectivity index (χ2n) is 9.64. The highest BCUT2D eigenvalue weighted by atomic mass is 79.9. The molecular weight excluding hydrogens is 514 g/mol. The van der Waals surface area contributed by atoms with Crippen LogP contribution >= 0.6 is 15.9 Å². The minimum atomic E-state index is -3.88. The number of halogens is 1. The van der Waals surface area contributed by atoms with Gasteiger partial charge >= 0.3 is 0 Å². The van der Waals surface area contributed by atoms with E-state index in [0.717, 1.165) is 18.4 Å². The lowest BCUT2D eigenvalue weighted by Gasteiger charge is -2.24. The molecule has 0 radical (unpaired) electrons. The van der Waals surface area contributed by atoms with Crippen LogP contribution in [0, 0.1) is 12.8 Å². The lowest BCUT2D eigenvalue weighted by molar-refractivity contribution is 0.318. The molecule has 1 aliphatic rings. The Morgan fingerprint density at radius 2 is 1.69 bits per heavy atom. The minimum Gasteiger partial charge on any atom is -0.343 e. The zero-order valence-corrected chi connectivity index (χ0v) is 22.2. The third-order valence-corrected chi connectivity index (χ3v) is 9.51. The molecule has 1 heterocycles. The molecule has 2 aromatic rings. The van der Waals surface area contributed by atoms with Crippen molar-refractivity contribution < 1.29 is 16.8 Å². The third-order valence-electron chi connectivity index (χ3n) is 5.75. The van der Waals surface area contributed by atoms with Gasteiger partial charge in [0.05, 0.1) is 4.90 Å². The van der Waals surface area contributed by atoms with Gasteiger partial charge in [0.1, 0.15) is 4.90 Å². The van der Waals surface area contributed by atoms with Crippen molar-refractivity contribution in [2.75, 3.05) is 0 Å². The highest BCUT2D eigenvalue weighted by Crippen LogP contribution is 2.35. The van der Waals surface area contributed by atoms with E-state index in [9.17, 15) is 16.8 Å². The number of hydrogen-bond acceptors (Lipinski definition) is 4. The van der Waals surface area contributed by atoms with Crippen LogP contribution in [0.2, 0.25) is 0 Å². The fraction of sp³-hybridized carbons (Fsp3) is 0.545. The molecule has 0 bridgehead atoms. The van der Waals surface area contributed by atoms with Crippen LogP contribution in [0.1, 0.15) is 58.6 Å². The normalized spacial score (nSPS) is 16.4. The molecule has 7 nitrogen and oxygen atoms in total. The zero-order valence-electron chi connectivity index (χ0n) is 19.0. The van der Waals surface area contributed by atoms with E-state index in [2.05, 4.69) is 20.7 Å². The standard InChI is InChI=1S/C22H32BrN3O4S2/c1-15-21(31(24,27)28)13-19(26(15)14-16-8-6-5-7-9-16)17-10-11-20(18(23)12-17)32(29,30)25-22(2,3)4/h10-13,16,25H,5-9,14H2,1-4H3,(H2,24,27,28). The van der Waals surface area contributed by atoms with Crippen molar-refractivity contribution in [2.24, 2.45) is 11.1 Å². The first-order chi connectivity index (χ1) is 14.7. The molecule has 0 saturated heterocycles. The fourth-order valence-electron chi connectivity index (χ4n) is 4.35. The average molecular weight is 547 g/mol. The molecule has 1 aromatic carbocycles. The highest BCUT2D eigenvalue weighted by Gasteiger charge is 2.26. The molecule has 3 N–H and O–H groups in total. The van der Waals surface area contributed by atoms with Gasteiger partial charge in [0.25, 0.3) is 0 Å². The van der Waals surface area contributed by atoms with Gasteiger partial charge in [-0.25, -0.2) is 26.7 Å². The van der Waals surface area contributed by atoms with Gasteiger partial charge in [-0.2, -0.15) is 0 Å². The van der Waals surface area contributed by atoms with Crippen molar-refractivity contribution in [3.05, 3.63) is 34.4 Å². The Kier molecular flexibility index (Phi) is 7.32. The quantitative estimate of drug-likeness (QED) is 0.555. The third kappa shape index (κ3) is 5.83. The summed E-state index contributed by atoms with van der Waals surface area (Å²) < 4.78 is 55.1. The summed E-state index contributed by atoms with van der Waals surface area (Å²) in [5.41, 5.74) is 1.42. The van der Waals surface area contributed by atoms with Crippen LogP contribution in [0.25, 0.3) is 11.3 Å². The smallest absolute Gasteiger partial charge is 0.242 e. The molecule has 1 aromatic heterocycles. The van der Waals surface area contributed by atoms with Crippen molar-refractivity contribution in [3.8, 4) is 11.3 Å². The average Bonchev–Trinajstić information content (AvgIpc) is 2.97. The first-order valence-corrected chi connectivity index (χ1v) is 14.6. The van der Waals surface area contributed by atoms with Crippen LogP contribution < -0.4 is 9.86 Å². The summed E-state index contributed by atoms with van der Waals surface area (Å²) in [6.45, 7) is 7.82. The van der Waals surface area contributed by atoms with Gasteiger partial charge in [0.15, 0.2) is 0 Å². The van der Waals surface area contributed by atoms with Gasteiger partial charge in [-0.3, -0.25) is 0 Å². The number of nitrogens with two attached hydrogens (primary N) is 1. The van der Waals surface area contributed by atoms with Crippen molar-refractivity contribution in [1.82, 2.24) is 9.29 Å². The van der Waals surface area contributed by atoms with Crippen molar-refractivity contribution in [1.29, 1.82) is 0 Å². The molecule has 0 spiro atoms. The van der Waals surface area contributed by atoms with E-state index < -0.39 is 25.6 Å². The first-order valence-electron chi connectivity index (χ1n) is 10.8. The molecule has 1 aliphatic carbocycles. The molecule has 178 valence electrons. The molecule has 32 heavy (non-hydrogen) atoms.